The molecule has 0 aromatic rings. The summed E-state index contributed by atoms with van der Waals surface area (Å²) in [5.41, 5.74) is 0. The first-order valence-corrected chi connectivity index (χ1v) is 27.2. The predicted octanol–water partition coefficient (Wildman–Crippen LogP) is 18.3. The van der Waals surface area contributed by atoms with Crippen LogP contribution in [-0.2, 0) is 28.6 Å². The third-order valence-corrected chi connectivity index (χ3v) is 10.9. The van der Waals surface area contributed by atoms with E-state index in [4.69, 9.17) is 14.2 Å². The van der Waals surface area contributed by atoms with Gasteiger partial charge in [-0.1, -0.05) is 206 Å². The van der Waals surface area contributed by atoms with Gasteiger partial charge in [0.05, 0.1) is 0 Å². The Morgan fingerprint density at radius 2 is 0.574 bits per heavy atom. The fraction of sp³-hybridized carbons (Fsp3) is 0.597. The Hall–Kier alpha value is -4.45. The highest BCUT2D eigenvalue weighted by Crippen LogP contribution is 2.12. The molecule has 0 aliphatic rings. The first-order valence-electron chi connectivity index (χ1n) is 27.2. The summed E-state index contributed by atoms with van der Waals surface area (Å²) in [4.78, 5) is 38.0. The van der Waals surface area contributed by atoms with Gasteiger partial charge in [-0.2, -0.15) is 0 Å². The lowest BCUT2D eigenvalue weighted by atomic mass is 10.1. The van der Waals surface area contributed by atoms with E-state index in [0.29, 0.717) is 12.8 Å². The molecule has 0 aliphatic heterocycles. The van der Waals surface area contributed by atoms with Crippen LogP contribution < -0.4 is 0 Å². The number of allylic oxidation sites excluding steroid dienone is 22. The minimum absolute atomic E-state index is 0.106. The van der Waals surface area contributed by atoms with Crippen molar-refractivity contribution in [1.82, 2.24) is 0 Å². The van der Waals surface area contributed by atoms with Crippen LogP contribution in [0.4, 0.5) is 0 Å². The maximum Gasteiger partial charge on any atom is 0.306 e. The molecule has 6 nitrogen and oxygen atoms in total. The van der Waals surface area contributed by atoms with Crippen molar-refractivity contribution in [2.24, 2.45) is 0 Å². The molecule has 0 aromatic carbocycles. The maximum absolute atomic E-state index is 12.8. The lowest BCUT2D eigenvalue weighted by Gasteiger charge is -2.18. The van der Waals surface area contributed by atoms with Crippen LogP contribution in [0.2, 0.25) is 0 Å². The smallest absolute Gasteiger partial charge is 0.306 e. The molecule has 1 unspecified atom stereocenters. The molecule has 1 atom stereocenters. The molecule has 382 valence electrons. The average molecular weight is 939 g/mol. The summed E-state index contributed by atoms with van der Waals surface area (Å²) in [6.07, 6.45) is 77.3. The number of esters is 3. The zero-order valence-electron chi connectivity index (χ0n) is 43.6. The second-order valence-electron chi connectivity index (χ2n) is 17.4. The van der Waals surface area contributed by atoms with Crippen LogP contribution in [0.1, 0.15) is 220 Å². The van der Waals surface area contributed by atoms with Gasteiger partial charge in [-0.3, -0.25) is 14.4 Å². The molecule has 0 saturated carbocycles. The SMILES string of the molecule is CC/C=C\C/C=C\C/C=C\C/C=C\C/C=C\C/C=C\CCCCCCC(=O)OCC(COC(=O)CCCCCCC/C=C\CCC)OC(=O)CCCCCC/C=C\C/C=C\C/C=C\C/C=C\CC. The van der Waals surface area contributed by atoms with Crippen LogP contribution in [0, 0.1) is 0 Å². The Labute approximate surface area is 417 Å². The Bertz CT molecular complexity index is 1500. The van der Waals surface area contributed by atoms with E-state index >= 15 is 0 Å². The molecular weight excluding hydrogens is 841 g/mol. The van der Waals surface area contributed by atoms with Gasteiger partial charge in [0.15, 0.2) is 6.10 Å². The molecule has 0 bridgehead atoms. The summed E-state index contributed by atoms with van der Waals surface area (Å²) < 4.78 is 16.8. The molecule has 6 heteroatoms. The van der Waals surface area contributed by atoms with Crippen molar-refractivity contribution in [3.05, 3.63) is 134 Å². The molecule has 0 aromatic heterocycles. The van der Waals surface area contributed by atoms with Gasteiger partial charge in [0, 0.05) is 19.3 Å². The summed E-state index contributed by atoms with van der Waals surface area (Å²) in [7, 11) is 0. The minimum Gasteiger partial charge on any atom is -0.462 e. The summed E-state index contributed by atoms with van der Waals surface area (Å²) in [5, 5.41) is 0. The van der Waals surface area contributed by atoms with Gasteiger partial charge in [-0.25, -0.2) is 0 Å². The minimum atomic E-state index is -0.810. The molecule has 0 radical (unpaired) electrons. The van der Waals surface area contributed by atoms with Crippen molar-refractivity contribution in [3.63, 3.8) is 0 Å². The zero-order valence-corrected chi connectivity index (χ0v) is 43.6. The largest absolute Gasteiger partial charge is 0.462 e. The van der Waals surface area contributed by atoms with Crippen LogP contribution in [0.5, 0.6) is 0 Å². The topological polar surface area (TPSA) is 78.9 Å². The lowest BCUT2D eigenvalue weighted by Crippen LogP contribution is -2.30. The Balaban J connectivity index is 4.44. The van der Waals surface area contributed by atoms with Crippen molar-refractivity contribution in [1.29, 1.82) is 0 Å². The number of hydrogen-bond acceptors (Lipinski definition) is 6. The molecule has 0 fully saturated rings. The molecule has 68 heavy (non-hydrogen) atoms. The van der Waals surface area contributed by atoms with E-state index in [1.165, 1.54) is 12.8 Å². The maximum atomic E-state index is 12.8. The quantitative estimate of drug-likeness (QED) is 0.0262. The van der Waals surface area contributed by atoms with Gasteiger partial charge >= 0.3 is 17.9 Å². The van der Waals surface area contributed by atoms with E-state index in [1.54, 1.807) is 0 Å². The molecule has 0 rings (SSSR count). The molecular formula is C62H98O6. The highest BCUT2D eigenvalue weighted by Gasteiger charge is 2.19. The first kappa shape index (κ1) is 63.5. The summed E-state index contributed by atoms with van der Waals surface area (Å²) in [5.74, 6) is -0.974. The van der Waals surface area contributed by atoms with Crippen LogP contribution >= 0.6 is 0 Å². The van der Waals surface area contributed by atoms with Crippen molar-refractivity contribution in [2.45, 2.75) is 226 Å². The monoisotopic (exact) mass is 939 g/mol. The summed E-state index contributed by atoms with van der Waals surface area (Å²) >= 11 is 0. The Kier molecular flexibility index (Phi) is 51.5. The van der Waals surface area contributed by atoms with Gasteiger partial charge in [-0.05, 0) is 128 Å². The Morgan fingerprint density at radius 3 is 0.912 bits per heavy atom. The second-order valence-corrected chi connectivity index (χ2v) is 17.4. The van der Waals surface area contributed by atoms with E-state index in [9.17, 15) is 14.4 Å². The van der Waals surface area contributed by atoms with Crippen LogP contribution in [0.25, 0.3) is 0 Å². The number of carbonyl (C=O) groups excluding carboxylic acids is 3. The summed E-state index contributed by atoms with van der Waals surface area (Å²) in [6.45, 7) is 6.28. The van der Waals surface area contributed by atoms with E-state index in [0.717, 1.165) is 167 Å². The van der Waals surface area contributed by atoms with Gasteiger partial charge in [0.1, 0.15) is 13.2 Å². The number of ether oxygens (including phenoxy) is 3. The fourth-order valence-electron chi connectivity index (χ4n) is 6.85. The summed E-state index contributed by atoms with van der Waals surface area (Å²) in [6, 6.07) is 0. The van der Waals surface area contributed by atoms with Crippen molar-refractivity contribution in [3.8, 4) is 0 Å². The van der Waals surface area contributed by atoms with Crippen molar-refractivity contribution >= 4 is 17.9 Å². The highest BCUT2D eigenvalue weighted by atomic mass is 16.6. The van der Waals surface area contributed by atoms with Crippen LogP contribution in [-0.4, -0.2) is 37.2 Å². The standard InChI is InChI=1S/C62H98O6/c1-4-7-10-13-16-19-22-24-26-28-29-30-31-32-33-35-36-38-40-43-46-49-52-55-61(64)67-58-59(57-66-60(63)54-51-48-45-42-21-18-15-12-9-6-3)68-62(65)56-53-50-47-44-41-39-37-34-27-25-23-20-17-14-11-8-5-2/h7-8,10-12,15-17,19-20,24-27,29-30,32-33,36-39,59H,4-6,9,13-14,18,21-23,28,31,34-35,40-58H2,1-3H3/b10-7-,11-8-,15-12-,19-16-,20-17-,26-24-,27-25-,30-29-,33-32-,38-36-,39-37-. The molecule has 0 aliphatic carbocycles. The molecule has 0 amide bonds. The fourth-order valence-corrected chi connectivity index (χ4v) is 6.85. The molecule has 0 saturated heterocycles. The van der Waals surface area contributed by atoms with Crippen molar-refractivity contribution < 1.29 is 28.6 Å². The van der Waals surface area contributed by atoms with Gasteiger partial charge in [0.2, 0.25) is 0 Å². The van der Waals surface area contributed by atoms with Crippen LogP contribution in [0.15, 0.2) is 134 Å². The first-order chi connectivity index (χ1) is 33.5. The molecule has 0 N–H and O–H groups in total. The zero-order chi connectivity index (χ0) is 49.3. The van der Waals surface area contributed by atoms with E-state index in [-0.39, 0.29) is 37.5 Å². The van der Waals surface area contributed by atoms with E-state index in [2.05, 4.69) is 154 Å². The van der Waals surface area contributed by atoms with Crippen molar-refractivity contribution in [2.75, 3.05) is 13.2 Å². The number of rotatable bonds is 47. The number of unbranched alkanes of at least 4 members (excludes halogenated alkanes) is 14. The van der Waals surface area contributed by atoms with E-state index < -0.39 is 6.10 Å². The van der Waals surface area contributed by atoms with Gasteiger partial charge < -0.3 is 14.2 Å². The van der Waals surface area contributed by atoms with Crippen LogP contribution in [0.3, 0.4) is 0 Å². The lowest BCUT2D eigenvalue weighted by molar-refractivity contribution is -0.167. The molecule has 0 spiro atoms. The predicted molar refractivity (Wildman–Crippen MR) is 292 cm³/mol. The third kappa shape index (κ3) is 52.5. The second kappa shape index (κ2) is 55.1. The van der Waals surface area contributed by atoms with Gasteiger partial charge in [-0.15, -0.1) is 0 Å². The normalized spacial score (nSPS) is 13.2. The average Bonchev–Trinajstić information content (AvgIpc) is 3.34. The number of hydrogen-bond donors (Lipinski definition) is 0. The van der Waals surface area contributed by atoms with E-state index in [1.807, 2.05) is 0 Å². The third-order valence-electron chi connectivity index (χ3n) is 10.9. The Morgan fingerprint density at radius 1 is 0.309 bits per heavy atom. The van der Waals surface area contributed by atoms with Gasteiger partial charge in [0.25, 0.3) is 0 Å². The molecule has 0 heterocycles. The highest BCUT2D eigenvalue weighted by molar-refractivity contribution is 5.71. The number of carbonyl (C=O) groups is 3.